The molecule has 1 atom stereocenters. The molecule has 0 amide bonds. The first-order chi connectivity index (χ1) is 7.65. The minimum absolute atomic E-state index is 0.282. The Morgan fingerprint density at radius 2 is 2.25 bits per heavy atom. The number of thiophene rings is 1. The van der Waals surface area contributed by atoms with Crippen molar-refractivity contribution in [2.24, 2.45) is 0 Å². The van der Waals surface area contributed by atoms with Crippen LogP contribution in [-0.2, 0) is 4.74 Å². The Balaban J connectivity index is 2.60. The van der Waals surface area contributed by atoms with Crippen molar-refractivity contribution >= 4 is 27.3 Å². The second-order valence-corrected chi connectivity index (χ2v) is 5.82. The molecule has 0 aliphatic heterocycles. The molecule has 0 saturated carbocycles. The lowest BCUT2D eigenvalue weighted by Crippen LogP contribution is -2.27. The Kier molecular flexibility index (Phi) is 6.58. The van der Waals surface area contributed by atoms with E-state index in [4.69, 9.17) is 4.74 Å². The molecule has 0 aromatic carbocycles. The Labute approximate surface area is 111 Å². The Hall–Kier alpha value is 0.100. The van der Waals surface area contributed by atoms with Crippen LogP contribution in [0.3, 0.4) is 0 Å². The van der Waals surface area contributed by atoms with Gasteiger partial charge >= 0.3 is 0 Å². The highest BCUT2D eigenvalue weighted by molar-refractivity contribution is 9.10. The number of halogens is 1. The average Bonchev–Trinajstić information content (AvgIpc) is 2.65. The fraction of sp³-hybridized carbons (Fsp3) is 0.667. The second kappa shape index (κ2) is 7.43. The van der Waals surface area contributed by atoms with Gasteiger partial charge in [-0.2, -0.15) is 0 Å². The van der Waals surface area contributed by atoms with Crippen LogP contribution in [0, 0.1) is 0 Å². The Bertz CT molecular complexity index is 301. The maximum atomic E-state index is 5.70. The van der Waals surface area contributed by atoms with E-state index in [2.05, 4.69) is 53.5 Å². The van der Waals surface area contributed by atoms with Gasteiger partial charge in [0.2, 0.25) is 0 Å². The van der Waals surface area contributed by atoms with E-state index < -0.39 is 0 Å². The van der Waals surface area contributed by atoms with Gasteiger partial charge in [-0.15, -0.1) is 11.3 Å². The van der Waals surface area contributed by atoms with Crippen molar-refractivity contribution in [1.29, 1.82) is 0 Å². The van der Waals surface area contributed by atoms with E-state index >= 15 is 0 Å². The molecular weight excluding hydrogens is 286 g/mol. The summed E-state index contributed by atoms with van der Waals surface area (Å²) in [6.45, 7) is 8.07. The van der Waals surface area contributed by atoms with Gasteiger partial charge in [0.1, 0.15) is 0 Å². The minimum atomic E-state index is 0.282. The minimum Gasteiger partial charge on any atom is -0.377 e. The van der Waals surface area contributed by atoms with Gasteiger partial charge in [0.05, 0.1) is 18.8 Å². The van der Waals surface area contributed by atoms with Crippen LogP contribution in [0.2, 0.25) is 0 Å². The zero-order valence-corrected chi connectivity index (χ0v) is 12.5. The molecule has 0 spiro atoms. The summed E-state index contributed by atoms with van der Waals surface area (Å²) in [5.41, 5.74) is 0. The predicted molar refractivity (Wildman–Crippen MR) is 74.1 cm³/mol. The molecule has 0 aliphatic rings. The number of hydrogen-bond donors (Lipinski definition) is 1. The number of hydrogen-bond acceptors (Lipinski definition) is 3. The molecule has 0 bridgehead atoms. The SMILES string of the molecule is CCCNC(COC(C)C)c1sccc1Br. The molecule has 1 heterocycles. The summed E-state index contributed by atoms with van der Waals surface area (Å²) >= 11 is 5.35. The highest BCUT2D eigenvalue weighted by atomic mass is 79.9. The first-order valence-corrected chi connectivity index (χ1v) is 7.40. The van der Waals surface area contributed by atoms with Gasteiger partial charge < -0.3 is 10.1 Å². The van der Waals surface area contributed by atoms with Crippen LogP contribution in [0.4, 0.5) is 0 Å². The third-order valence-corrected chi connectivity index (χ3v) is 4.18. The van der Waals surface area contributed by atoms with Crippen molar-refractivity contribution in [3.8, 4) is 0 Å². The molecule has 1 unspecified atom stereocenters. The van der Waals surface area contributed by atoms with E-state index in [9.17, 15) is 0 Å². The van der Waals surface area contributed by atoms with Crippen molar-refractivity contribution in [2.75, 3.05) is 13.2 Å². The van der Waals surface area contributed by atoms with Crippen LogP contribution in [-0.4, -0.2) is 19.3 Å². The van der Waals surface area contributed by atoms with Crippen LogP contribution in [0.5, 0.6) is 0 Å². The lowest BCUT2D eigenvalue weighted by Gasteiger charge is -2.19. The first kappa shape index (κ1) is 14.2. The summed E-state index contributed by atoms with van der Waals surface area (Å²) in [6.07, 6.45) is 1.42. The van der Waals surface area contributed by atoms with Crippen molar-refractivity contribution in [1.82, 2.24) is 5.32 Å². The highest BCUT2D eigenvalue weighted by Gasteiger charge is 2.15. The molecule has 2 nitrogen and oxygen atoms in total. The molecule has 0 aliphatic carbocycles. The third-order valence-electron chi connectivity index (χ3n) is 2.20. The monoisotopic (exact) mass is 305 g/mol. The van der Waals surface area contributed by atoms with E-state index in [0.717, 1.165) is 19.6 Å². The molecule has 1 N–H and O–H groups in total. The largest absolute Gasteiger partial charge is 0.377 e. The maximum Gasteiger partial charge on any atom is 0.0673 e. The van der Waals surface area contributed by atoms with Gasteiger partial charge in [0, 0.05) is 9.35 Å². The van der Waals surface area contributed by atoms with E-state index in [1.165, 1.54) is 9.35 Å². The summed E-state index contributed by atoms with van der Waals surface area (Å²) in [7, 11) is 0. The molecule has 92 valence electrons. The summed E-state index contributed by atoms with van der Waals surface area (Å²) in [6, 6.07) is 2.40. The van der Waals surface area contributed by atoms with Gasteiger partial charge in [-0.25, -0.2) is 0 Å². The van der Waals surface area contributed by atoms with E-state index in [-0.39, 0.29) is 6.10 Å². The molecule has 1 aromatic rings. The van der Waals surface area contributed by atoms with Crippen molar-refractivity contribution < 1.29 is 4.74 Å². The highest BCUT2D eigenvalue weighted by Crippen LogP contribution is 2.29. The molecule has 1 aromatic heterocycles. The Morgan fingerprint density at radius 3 is 2.75 bits per heavy atom. The van der Waals surface area contributed by atoms with E-state index in [0.29, 0.717) is 6.04 Å². The van der Waals surface area contributed by atoms with Crippen LogP contribution >= 0.6 is 27.3 Å². The smallest absolute Gasteiger partial charge is 0.0673 e. The standard InChI is InChI=1S/C12H20BrNOS/c1-4-6-14-11(8-15-9(2)3)12-10(13)5-7-16-12/h5,7,9,11,14H,4,6,8H2,1-3H3. The van der Waals surface area contributed by atoms with E-state index in [1.807, 2.05) is 0 Å². The molecule has 4 heteroatoms. The van der Waals surface area contributed by atoms with Crippen LogP contribution in [0.1, 0.15) is 38.1 Å². The normalized spacial score (nSPS) is 13.3. The van der Waals surface area contributed by atoms with Gasteiger partial charge in [-0.3, -0.25) is 0 Å². The topological polar surface area (TPSA) is 21.3 Å². The van der Waals surface area contributed by atoms with Crippen molar-refractivity contribution in [3.05, 3.63) is 20.8 Å². The summed E-state index contributed by atoms with van der Waals surface area (Å²) in [5, 5.41) is 5.63. The fourth-order valence-corrected chi connectivity index (χ4v) is 3.10. The number of rotatable bonds is 7. The first-order valence-electron chi connectivity index (χ1n) is 5.73. The van der Waals surface area contributed by atoms with Crippen LogP contribution < -0.4 is 5.32 Å². The Morgan fingerprint density at radius 1 is 1.50 bits per heavy atom. The molecule has 0 fully saturated rings. The van der Waals surface area contributed by atoms with Gasteiger partial charge in [0.25, 0.3) is 0 Å². The lowest BCUT2D eigenvalue weighted by atomic mass is 10.2. The van der Waals surface area contributed by atoms with Crippen molar-refractivity contribution in [2.45, 2.75) is 39.3 Å². The maximum absolute atomic E-state index is 5.70. The fourth-order valence-electron chi connectivity index (χ4n) is 1.39. The molecule has 0 saturated heterocycles. The number of nitrogens with one attached hydrogen (secondary N) is 1. The van der Waals surface area contributed by atoms with Gasteiger partial charge in [-0.05, 0) is 54.2 Å². The van der Waals surface area contributed by atoms with Crippen LogP contribution in [0.25, 0.3) is 0 Å². The van der Waals surface area contributed by atoms with Crippen molar-refractivity contribution in [3.63, 3.8) is 0 Å². The summed E-state index contributed by atoms with van der Waals surface area (Å²) in [5.74, 6) is 0. The summed E-state index contributed by atoms with van der Waals surface area (Å²) < 4.78 is 6.88. The van der Waals surface area contributed by atoms with Gasteiger partial charge in [-0.1, -0.05) is 6.92 Å². The zero-order valence-electron chi connectivity index (χ0n) is 10.1. The molecule has 0 radical (unpaired) electrons. The molecule has 1 rings (SSSR count). The predicted octanol–water partition coefficient (Wildman–Crippen LogP) is 3.98. The number of ether oxygens (including phenoxy) is 1. The van der Waals surface area contributed by atoms with Crippen LogP contribution in [0.15, 0.2) is 15.9 Å². The average molecular weight is 306 g/mol. The van der Waals surface area contributed by atoms with Gasteiger partial charge in [0.15, 0.2) is 0 Å². The molecule has 16 heavy (non-hydrogen) atoms. The second-order valence-electron chi connectivity index (χ2n) is 4.02. The lowest BCUT2D eigenvalue weighted by molar-refractivity contribution is 0.0616. The zero-order chi connectivity index (χ0) is 12.0. The summed E-state index contributed by atoms with van der Waals surface area (Å²) in [4.78, 5) is 1.33. The quantitative estimate of drug-likeness (QED) is 0.823. The van der Waals surface area contributed by atoms with E-state index in [1.54, 1.807) is 11.3 Å². The third kappa shape index (κ3) is 4.53. The molecular formula is C12H20BrNOS.